The molecule has 1 saturated heterocycles. The zero-order valence-corrected chi connectivity index (χ0v) is 16.4. The van der Waals surface area contributed by atoms with Gasteiger partial charge in [0.25, 0.3) is 0 Å². The molecule has 3 aromatic heterocycles. The first-order valence-electron chi connectivity index (χ1n) is 9.73. The molecule has 1 aliphatic heterocycles. The maximum absolute atomic E-state index is 12.5. The number of amides is 1. The number of rotatable bonds is 6. The fraction of sp³-hybridized carbons (Fsp3) is 0.526. The number of likely N-dealkylation sites (tertiary alicyclic amines) is 1. The quantitative estimate of drug-likeness (QED) is 0.642. The van der Waals surface area contributed by atoms with Crippen molar-refractivity contribution in [2.75, 3.05) is 13.1 Å². The maximum Gasteiger partial charge on any atom is 0.224 e. The van der Waals surface area contributed by atoms with E-state index in [9.17, 15) is 4.79 Å². The molecule has 3 aromatic rings. The van der Waals surface area contributed by atoms with Gasteiger partial charge in [-0.1, -0.05) is 0 Å². The number of carbonyl (C=O) groups is 1. The Morgan fingerprint density at radius 3 is 2.68 bits per heavy atom. The Bertz CT molecular complexity index is 918. The molecule has 9 heteroatoms. The summed E-state index contributed by atoms with van der Waals surface area (Å²) in [6, 6.07) is 3.86. The molecule has 0 atom stereocenters. The van der Waals surface area contributed by atoms with E-state index in [4.69, 9.17) is 0 Å². The van der Waals surface area contributed by atoms with E-state index in [-0.39, 0.29) is 5.91 Å². The molecule has 148 valence electrons. The molecule has 0 aromatic carbocycles. The molecule has 28 heavy (non-hydrogen) atoms. The topological polar surface area (TPSA) is 86.7 Å². The minimum absolute atomic E-state index is 0.198. The van der Waals surface area contributed by atoms with E-state index in [0.717, 1.165) is 43.3 Å². The normalized spacial score (nSPS) is 15.3. The molecule has 1 amide bonds. The van der Waals surface area contributed by atoms with Crippen molar-refractivity contribution in [3.63, 3.8) is 0 Å². The number of hydrogen-bond acceptors (Lipinski definition) is 5. The summed E-state index contributed by atoms with van der Waals surface area (Å²) in [6.07, 6.45) is 7.93. The van der Waals surface area contributed by atoms with Crippen LogP contribution in [0.3, 0.4) is 0 Å². The third kappa shape index (κ3) is 3.97. The highest BCUT2D eigenvalue weighted by molar-refractivity contribution is 5.76. The first kappa shape index (κ1) is 18.4. The van der Waals surface area contributed by atoms with Gasteiger partial charge in [-0.15, -0.1) is 10.2 Å². The summed E-state index contributed by atoms with van der Waals surface area (Å²) in [7, 11) is 2.01. The summed E-state index contributed by atoms with van der Waals surface area (Å²) in [4.78, 5) is 14.5. The molecule has 0 bridgehead atoms. The molecule has 1 fully saturated rings. The number of hydrogen-bond donors (Lipinski definition) is 0. The molecule has 0 radical (unpaired) electrons. The van der Waals surface area contributed by atoms with Crippen molar-refractivity contribution in [3.05, 3.63) is 48.1 Å². The summed E-state index contributed by atoms with van der Waals surface area (Å²) < 4.78 is 5.75. The standard InChI is InChI=1S/C19H26N8O/c1-15-4-12-26(23-15)13-7-18(28)25-10-5-16(6-11-25)19-22-21-17(24(19)2)14-27-9-3-8-20-27/h3-4,8-9,12,16H,5-7,10-11,13-14H2,1-2H3. The minimum Gasteiger partial charge on any atom is -0.343 e. The zero-order valence-electron chi connectivity index (χ0n) is 16.4. The summed E-state index contributed by atoms with van der Waals surface area (Å²) in [6.45, 7) is 4.73. The van der Waals surface area contributed by atoms with Crippen LogP contribution in [0.15, 0.2) is 30.7 Å². The van der Waals surface area contributed by atoms with Crippen LogP contribution in [0.5, 0.6) is 0 Å². The predicted molar refractivity (Wildman–Crippen MR) is 102 cm³/mol. The zero-order chi connectivity index (χ0) is 19.5. The van der Waals surface area contributed by atoms with Gasteiger partial charge < -0.3 is 9.47 Å². The highest BCUT2D eigenvalue weighted by atomic mass is 16.2. The molecule has 0 saturated carbocycles. The molecule has 0 N–H and O–H groups in total. The second kappa shape index (κ2) is 7.95. The van der Waals surface area contributed by atoms with Crippen molar-refractivity contribution in [2.45, 2.75) is 45.2 Å². The summed E-state index contributed by atoms with van der Waals surface area (Å²) >= 11 is 0. The molecule has 9 nitrogen and oxygen atoms in total. The lowest BCUT2D eigenvalue weighted by atomic mass is 9.95. The Balaban J connectivity index is 1.30. The first-order valence-corrected chi connectivity index (χ1v) is 9.73. The van der Waals surface area contributed by atoms with Gasteiger partial charge in [-0.05, 0) is 31.9 Å². The molecular weight excluding hydrogens is 356 g/mol. The van der Waals surface area contributed by atoms with Gasteiger partial charge >= 0.3 is 0 Å². The van der Waals surface area contributed by atoms with Crippen LogP contribution in [0.4, 0.5) is 0 Å². The van der Waals surface area contributed by atoms with E-state index < -0.39 is 0 Å². The van der Waals surface area contributed by atoms with E-state index in [0.29, 0.717) is 25.4 Å². The number of nitrogens with zero attached hydrogens (tertiary/aromatic N) is 8. The SMILES string of the molecule is Cc1ccn(CCC(=O)N2CCC(c3nnc(Cn4cccn4)n3C)CC2)n1. The molecule has 0 spiro atoms. The predicted octanol–water partition coefficient (Wildman–Crippen LogP) is 1.36. The van der Waals surface area contributed by atoms with Gasteiger partial charge in [-0.3, -0.25) is 14.2 Å². The average molecular weight is 382 g/mol. The summed E-state index contributed by atoms with van der Waals surface area (Å²) in [5.74, 6) is 2.43. The van der Waals surface area contributed by atoms with Crippen molar-refractivity contribution < 1.29 is 4.79 Å². The van der Waals surface area contributed by atoms with Gasteiger partial charge in [0, 0.05) is 57.6 Å². The summed E-state index contributed by atoms with van der Waals surface area (Å²) in [5, 5.41) is 17.3. The van der Waals surface area contributed by atoms with Crippen LogP contribution < -0.4 is 0 Å². The van der Waals surface area contributed by atoms with Crippen molar-refractivity contribution >= 4 is 5.91 Å². The van der Waals surface area contributed by atoms with Gasteiger partial charge in [0.1, 0.15) is 12.4 Å². The van der Waals surface area contributed by atoms with Crippen LogP contribution in [-0.2, 0) is 24.9 Å². The van der Waals surface area contributed by atoms with Crippen LogP contribution in [-0.4, -0.2) is 58.2 Å². The maximum atomic E-state index is 12.5. The van der Waals surface area contributed by atoms with Crippen LogP contribution in [0.1, 0.15) is 42.5 Å². The van der Waals surface area contributed by atoms with Gasteiger partial charge in [0.05, 0.1) is 5.69 Å². The fourth-order valence-electron chi connectivity index (χ4n) is 3.75. The lowest BCUT2D eigenvalue weighted by Crippen LogP contribution is -2.38. The summed E-state index contributed by atoms with van der Waals surface area (Å²) in [5.41, 5.74) is 0.976. The smallest absolute Gasteiger partial charge is 0.224 e. The third-order valence-electron chi connectivity index (χ3n) is 5.40. The van der Waals surface area contributed by atoms with Crippen molar-refractivity contribution in [1.29, 1.82) is 0 Å². The highest BCUT2D eigenvalue weighted by Gasteiger charge is 2.27. The molecule has 4 rings (SSSR count). The Kier molecular flexibility index (Phi) is 5.23. The van der Waals surface area contributed by atoms with E-state index >= 15 is 0 Å². The Morgan fingerprint density at radius 1 is 1.18 bits per heavy atom. The van der Waals surface area contributed by atoms with Crippen LogP contribution in [0.25, 0.3) is 0 Å². The second-order valence-corrected chi connectivity index (χ2v) is 7.36. The Labute approximate surface area is 164 Å². The van der Waals surface area contributed by atoms with Gasteiger partial charge in [0.15, 0.2) is 5.82 Å². The largest absolute Gasteiger partial charge is 0.343 e. The minimum atomic E-state index is 0.198. The van der Waals surface area contributed by atoms with Crippen LogP contribution in [0, 0.1) is 6.92 Å². The third-order valence-corrected chi connectivity index (χ3v) is 5.40. The van der Waals surface area contributed by atoms with Gasteiger partial charge in [-0.2, -0.15) is 10.2 Å². The second-order valence-electron chi connectivity index (χ2n) is 7.36. The number of carbonyl (C=O) groups excluding carboxylic acids is 1. The molecule has 0 aliphatic carbocycles. The van der Waals surface area contributed by atoms with Crippen LogP contribution >= 0.6 is 0 Å². The lowest BCUT2D eigenvalue weighted by molar-refractivity contribution is -0.132. The van der Waals surface area contributed by atoms with Crippen molar-refractivity contribution in [1.82, 2.24) is 39.2 Å². The van der Waals surface area contributed by atoms with Gasteiger partial charge in [-0.25, -0.2) is 0 Å². The Morgan fingerprint density at radius 2 is 2.00 bits per heavy atom. The van der Waals surface area contributed by atoms with E-state index in [1.54, 1.807) is 6.20 Å². The lowest BCUT2D eigenvalue weighted by Gasteiger charge is -2.31. The van der Waals surface area contributed by atoms with E-state index in [1.165, 1.54) is 0 Å². The molecule has 0 unspecified atom stereocenters. The van der Waals surface area contributed by atoms with Crippen LogP contribution in [0.2, 0.25) is 0 Å². The van der Waals surface area contributed by atoms with Gasteiger partial charge in [0.2, 0.25) is 5.91 Å². The fourth-order valence-corrected chi connectivity index (χ4v) is 3.75. The highest BCUT2D eigenvalue weighted by Crippen LogP contribution is 2.27. The first-order chi connectivity index (χ1) is 13.6. The molecule has 4 heterocycles. The van der Waals surface area contributed by atoms with Crippen molar-refractivity contribution in [2.24, 2.45) is 7.05 Å². The number of piperidine rings is 1. The number of aryl methyl sites for hydroxylation is 2. The number of aromatic nitrogens is 7. The van der Waals surface area contributed by atoms with E-state index in [2.05, 4.69) is 25.0 Å². The average Bonchev–Trinajstić information content (AvgIpc) is 3.44. The Hall–Kier alpha value is -2.97. The molecule has 1 aliphatic rings. The van der Waals surface area contributed by atoms with E-state index in [1.807, 2.05) is 52.8 Å². The van der Waals surface area contributed by atoms with Crippen molar-refractivity contribution in [3.8, 4) is 0 Å². The monoisotopic (exact) mass is 382 g/mol. The molecular formula is C19H26N8O.